The summed E-state index contributed by atoms with van der Waals surface area (Å²) in [6.45, 7) is 0.710. The molecule has 7 nitrogen and oxygen atoms in total. The zero-order valence-electron chi connectivity index (χ0n) is 21.3. The topological polar surface area (TPSA) is 84.7 Å². The summed E-state index contributed by atoms with van der Waals surface area (Å²) in [5.74, 6) is -0.980. The number of anilines is 1. The molecular weight excluding hydrogens is 512 g/mol. The fourth-order valence-electron chi connectivity index (χ4n) is 4.28. The molecule has 0 fully saturated rings. The zero-order valence-corrected chi connectivity index (χ0v) is 22.1. The van der Waals surface area contributed by atoms with Crippen molar-refractivity contribution in [2.24, 2.45) is 0 Å². The maximum absolute atomic E-state index is 13.1. The van der Waals surface area contributed by atoms with Crippen molar-refractivity contribution in [3.63, 3.8) is 0 Å². The smallest absolute Gasteiger partial charge is 0.328 e. The highest BCUT2D eigenvalue weighted by Gasteiger charge is 2.24. The molecule has 39 heavy (non-hydrogen) atoms. The van der Waals surface area contributed by atoms with E-state index in [4.69, 9.17) is 16.3 Å². The third-order valence-corrected chi connectivity index (χ3v) is 6.64. The van der Waals surface area contributed by atoms with E-state index in [0.29, 0.717) is 17.2 Å². The van der Waals surface area contributed by atoms with Gasteiger partial charge in [-0.3, -0.25) is 4.79 Å². The van der Waals surface area contributed by atoms with Gasteiger partial charge < -0.3 is 19.8 Å². The maximum Gasteiger partial charge on any atom is 0.328 e. The number of aromatic nitrogens is 2. The number of methoxy groups -OCH3 is 1. The minimum absolute atomic E-state index is 0.206. The molecule has 3 aromatic carbocycles. The number of halogens is 1. The first kappa shape index (κ1) is 26.0. The number of esters is 1. The van der Waals surface area contributed by atoms with E-state index in [9.17, 15) is 9.59 Å². The second-order valence-electron chi connectivity index (χ2n) is 9.11. The van der Waals surface area contributed by atoms with Gasteiger partial charge in [0.05, 0.1) is 7.11 Å². The molecule has 0 bridgehead atoms. The number of nitrogens with zero attached hydrogens (tertiary/aromatic N) is 2. The summed E-state index contributed by atoms with van der Waals surface area (Å²) < 4.78 is 6.75. The number of amides is 1. The second-order valence-corrected chi connectivity index (χ2v) is 9.54. The van der Waals surface area contributed by atoms with Crippen molar-refractivity contribution in [3.8, 4) is 11.1 Å². The summed E-state index contributed by atoms with van der Waals surface area (Å²) in [5, 5.41) is 6.83. The van der Waals surface area contributed by atoms with E-state index in [1.807, 2.05) is 85.1 Å². The number of ether oxygens (including phenoxy) is 1. The van der Waals surface area contributed by atoms with Crippen molar-refractivity contribution in [1.29, 1.82) is 0 Å². The Hall–Kier alpha value is -4.62. The molecule has 0 aliphatic rings. The molecule has 2 heterocycles. The van der Waals surface area contributed by atoms with Gasteiger partial charge in [0.25, 0.3) is 5.91 Å². The molecule has 0 aliphatic carbocycles. The van der Waals surface area contributed by atoms with Crippen molar-refractivity contribution in [2.75, 3.05) is 12.4 Å². The Morgan fingerprint density at radius 3 is 2.31 bits per heavy atom. The first-order valence-electron chi connectivity index (χ1n) is 12.5. The number of carbonyl (C=O) groups excluding carboxylic acids is 2. The summed E-state index contributed by atoms with van der Waals surface area (Å²) in [6.07, 6.45) is 3.82. The number of fused-ring (bicyclic) bond motifs is 1. The van der Waals surface area contributed by atoms with Crippen LogP contribution in [0, 0.1) is 0 Å². The molecule has 0 saturated heterocycles. The average molecular weight is 539 g/mol. The van der Waals surface area contributed by atoms with E-state index in [-0.39, 0.29) is 12.1 Å². The third-order valence-electron chi connectivity index (χ3n) is 6.39. The molecule has 0 radical (unpaired) electrons. The SMILES string of the molecule is COC(=O)[C@H](Cc1ccc(NCc2ccccc2)cc1)NC(=O)c1cn2cc(-c3ccc(Cl)cc3)ccc2n1. The molecule has 0 aliphatic heterocycles. The Morgan fingerprint density at radius 2 is 1.59 bits per heavy atom. The Labute approximate surface area is 231 Å². The van der Waals surface area contributed by atoms with Crippen molar-refractivity contribution >= 4 is 34.8 Å². The van der Waals surface area contributed by atoms with Gasteiger partial charge in [0.1, 0.15) is 17.4 Å². The summed E-state index contributed by atoms with van der Waals surface area (Å²) in [7, 11) is 1.31. The molecule has 5 rings (SSSR count). The molecule has 2 aromatic heterocycles. The number of rotatable bonds is 9. The van der Waals surface area contributed by atoms with Crippen LogP contribution in [0.4, 0.5) is 5.69 Å². The Kier molecular flexibility index (Phi) is 7.89. The monoisotopic (exact) mass is 538 g/mol. The number of hydrogen-bond acceptors (Lipinski definition) is 5. The second kappa shape index (κ2) is 11.8. The lowest BCUT2D eigenvalue weighted by atomic mass is 10.1. The van der Waals surface area contributed by atoms with E-state index in [2.05, 4.69) is 27.8 Å². The number of benzene rings is 3. The fourth-order valence-corrected chi connectivity index (χ4v) is 4.40. The van der Waals surface area contributed by atoms with Gasteiger partial charge in [-0.25, -0.2) is 9.78 Å². The highest BCUT2D eigenvalue weighted by Crippen LogP contribution is 2.22. The maximum atomic E-state index is 13.1. The molecule has 5 aromatic rings. The van der Waals surface area contributed by atoms with Crippen LogP contribution in [0.25, 0.3) is 16.8 Å². The van der Waals surface area contributed by atoms with E-state index >= 15 is 0 Å². The van der Waals surface area contributed by atoms with Crippen molar-refractivity contribution in [3.05, 3.63) is 125 Å². The fraction of sp³-hybridized carbons (Fsp3) is 0.129. The van der Waals surface area contributed by atoms with Gasteiger partial charge in [0, 0.05) is 36.1 Å². The van der Waals surface area contributed by atoms with Crippen LogP contribution in [0.1, 0.15) is 21.6 Å². The van der Waals surface area contributed by atoms with Gasteiger partial charge in [-0.05, 0) is 58.7 Å². The van der Waals surface area contributed by atoms with Crippen LogP contribution in [-0.4, -0.2) is 34.4 Å². The van der Waals surface area contributed by atoms with E-state index in [1.54, 1.807) is 10.6 Å². The van der Waals surface area contributed by atoms with E-state index < -0.39 is 17.9 Å². The first-order chi connectivity index (χ1) is 19.0. The highest BCUT2D eigenvalue weighted by atomic mass is 35.5. The summed E-state index contributed by atoms with van der Waals surface area (Å²) in [4.78, 5) is 30.0. The molecule has 196 valence electrons. The van der Waals surface area contributed by atoms with Crippen LogP contribution in [0.2, 0.25) is 5.02 Å². The summed E-state index contributed by atoms with van der Waals surface area (Å²) in [5.41, 5.74) is 5.81. The van der Waals surface area contributed by atoms with Crippen molar-refractivity contribution in [1.82, 2.24) is 14.7 Å². The standard InChI is InChI=1S/C31H27ClN4O3/c1-39-31(38)27(17-21-7-14-26(15-8-21)33-18-22-5-3-2-4-6-22)35-30(37)28-20-36-19-24(11-16-29(36)34-28)23-9-12-25(32)13-10-23/h2-16,19-20,27,33H,17-18H2,1H3,(H,35,37)/t27-/m0/s1. The number of hydrogen-bond donors (Lipinski definition) is 2. The molecule has 0 saturated carbocycles. The van der Waals surface area contributed by atoms with Crippen LogP contribution in [0.15, 0.2) is 103 Å². The molecule has 2 N–H and O–H groups in total. The van der Waals surface area contributed by atoms with E-state index in [0.717, 1.165) is 22.4 Å². The largest absolute Gasteiger partial charge is 0.467 e. The molecular formula is C31H27ClN4O3. The highest BCUT2D eigenvalue weighted by molar-refractivity contribution is 6.30. The number of nitrogens with one attached hydrogen (secondary N) is 2. The van der Waals surface area contributed by atoms with Gasteiger partial charge >= 0.3 is 5.97 Å². The summed E-state index contributed by atoms with van der Waals surface area (Å²) >= 11 is 6.00. The molecule has 8 heteroatoms. The Morgan fingerprint density at radius 1 is 0.872 bits per heavy atom. The lowest BCUT2D eigenvalue weighted by molar-refractivity contribution is -0.142. The van der Waals surface area contributed by atoms with Crippen LogP contribution in [0.5, 0.6) is 0 Å². The van der Waals surface area contributed by atoms with Crippen LogP contribution >= 0.6 is 11.6 Å². The van der Waals surface area contributed by atoms with E-state index in [1.165, 1.54) is 12.7 Å². The predicted octanol–water partition coefficient (Wildman–Crippen LogP) is 5.78. The van der Waals surface area contributed by atoms with Crippen molar-refractivity contribution < 1.29 is 14.3 Å². The lowest BCUT2D eigenvalue weighted by Gasteiger charge is -2.16. The van der Waals surface area contributed by atoms with Gasteiger partial charge in [-0.2, -0.15) is 0 Å². The number of imidazole rings is 1. The van der Waals surface area contributed by atoms with Gasteiger partial charge in [0.15, 0.2) is 0 Å². The van der Waals surface area contributed by atoms with Crippen LogP contribution in [-0.2, 0) is 22.5 Å². The molecule has 1 amide bonds. The Bertz CT molecular complexity index is 1580. The molecule has 1 atom stereocenters. The van der Waals surface area contributed by atoms with Crippen molar-refractivity contribution in [2.45, 2.75) is 19.0 Å². The first-order valence-corrected chi connectivity index (χ1v) is 12.9. The molecule has 0 unspecified atom stereocenters. The number of carbonyl (C=O) groups is 2. The lowest BCUT2D eigenvalue weighted by Crippen LogP contribution is -2.43. The Balaban J connectivity index is 1.26. The predicted molar refractivity (Wildman–Crippen MR) is 153 cm³/mol. The van der Waals surface area contributed by atoms with Crippen LogP contribution < -0.4 is 10.6 Å². The summed E-state index contributed by atoms with van der Waals surface area (Å²) in [6, 6.07) is 28.3. The quantitative estimate of drug-likeness (QED) is 0.232. The molecule has 0 spiro atoms. The van der Waals surface area contributed by atoms with Gasteiger partial charge in [0.2, 0.25) is 0 Å². The van der Waals surface area contributed by atoms with Gasteiger partial charge in [-0.15, -0.1) is 0 Å². The normalized spacial score (nSPS) is 11.6. The third kappa shape index (κ3) is 6.45. The van der Waals surface area contributed by atoms with Gasteiger partial charge in [-0.1, -0.05) is 66.2 Å². The van der Waals surface area contributed by atoms with Crippen LogP contribution in [0.3, 0.4) is 0 Å². The minimum atomic E-state index is -0.861. The zero-order chi connectivity index (χ0) is 27.2. The average Bonchev–Trinajstić information content (AvgIpc) is 3.41. The number of pyridine rings is 1. The minimum Gasteiger partial charge on any atom is -0.467 e.